The summed E-state index contributed by atoms with van der Waals surface area (Å²) in [7, 11) is 0. The van der Waals surface area contributed by atoms with E-state index in [1.807, 2.05) is 24.3 Å². The van der Waals surface area contributed by atoms with Crippen molar-refractivity contribution in [3.8, 4) is 0 Å². The third-order valence-electron chi connectivity index (χ3n) is 2.41. The predicted octanol–water partition coefficient (Wildman–Crippen LogP) is 2.15. The standard InChI is InChI=1S/C11H13BrN2OS.ClH/c12-9-3-1-8(2-4-9)5-13-11(15)10-6-16-7-14-10;/h1-4,10,14H,5-7H2,(H,13,15);1H. The number of amides is 1. The molecule has 1 heterocycles. The number of nitrogens with one attached hydrogen (secondary N) is 2. The van der Waals surface area contributed by atoms with Crippen molar-refractivity contribution >= 4 is 46.0 Å². The van der Waals surface area contributed by atoms with Crippen molar-refractivity contribution in [2.45, 2.75) is 12.6 Å². The zero-order chi connectivity index (χ0) is 11.4. The van der Waals surface area contributed by atoms with Crippen molar-refractivity contribution in [1.29, 1.82) is 0 Å². The lowest BCUT2D eigenvalue weighted by molar-refractivity contribution is -0.122. The molecule has 94 valence electrons. The van der Waals surface area contributed by atoms with Crippen molar-refractivity contribution in [2.24, 2.45) is 0 Å². The Hall–Kier alpha value is -0.230. The van der Waals surface area contributed by atoms with Gasteiger partial charge >= 0.3 is 0 Å². The molecule has 1 atom stereocenters. The summed E-state index contributed by atoms with van der Waals surface area (Å²) >= 11 is 5.14. The van der Waals surface area contributed by atoms with Gasteiger partial charge in [0.05, 0.1) is 6.04 Å². The van der Waals surface area contributed by atoms with Crippen LogP contribution in [-0.4, -0.2) is 23.6 Å². The second kappa shape index (κ2) is 7.26. The van der Waals surface area contributed by atoms with Crippen LogP contribution in [0.1, 0.15) is 5.56 Å². The first-order chi connectivity index (χ1) is 7.75. The first kappa shape index (κ1) is 14.8. The monoisotopic (exact) mass is 336 g/mol. The number of rotatable bonds is 3. The first-order valence-corrected chi connectivity index (χ1v) is 7.04. The van der Waals surface area contributed by atoms with Crippen LogP contribution in [-0.2, 0) is 11.3 Å². The van der Waals surface area contributed by atoms with Crippen LogP contribution in [0.25, 0.3) is 0 Å². The molecule has 3 nitrogen and oxygen atoms in total. The molecule has 6 heteroatoms. The quantitative estimate of drug-likeness (QED) is 0.888. The van der Waals surface area contributed by atoms with E-state index in [-0.39, 0.29) is 24.4 Å². The van der Waals surface area contributed by atoms with Gasteiger partial charge in [0.2, 0.25) is 5.91 Å². The summed E-state index contributed by atoms with van der Waals surface area (Å²) in [4.78, 5) is 11.7. The van der Waals surface area contributed by atoms with E-state index in [1.54, 1.807) is 11.8 Å². The van der Waals surface area contributed by atoms with Crippen LogP contribution >= 0.6 is 40.1 Å². The maximum atomic E-state index is 11.7. The summed E-state index contributed by atoms with van der Waals surface area (Å²) in [5, 5.41) is 6.08. The molecule has 1 amide bonds. The number of halogens is 2. The molecule has 0 radical (unpaired) electrons. The molecule has 1 aromatic rings. The average Bonchev–Trinajstić information content (AvgIpc) is 2.81. The Bertz CT molecular complexity index is 368. The van der Waals surface area contributed by atoms with Crippen LogP contribution in [0.5, 0.6) is 0 Å². The van der Waals surface area contributed by atoms with Crippen molar-refractivity contribution in [3.63, 3.8) is 0 Å². The molecule has 2 rings (SSSR count). The average molecular weight is 338 g/mol. The Morgan fingerprint density at radius 1 is 1.47 bits per heavy atom. The van der Waals surface area contributed by atoms with Gasteiger partial charge in [0.15, 0.2) is 0 Å². The summed E-state index contributed by atoms with van der Waals surface area (Å²) in [5.41, 5.74) is 1.11. The minimum Gasteiger partial charge on any atom is -0.351 e. The topological polar surface area (TPSA) is 41.1 Å². The highest BCUT2D eigenvalue weighted by Gasteiger charge is 2.21. The highest BCUT2D eigenvalue weighted by molar-refractivity contribution is 9.10. The van der Waals surface area contributed by atoms with Gasteiger partial charge in [-0.1, -0.05) is 28.1 Å². The van der Waals surface area contributed by atoms with Gasteiger partial charge in [0.25, 0.3) is 0 Å². The number of carbonyl (C=O) groups excluding carboxylic acids is 1. The molecule has 0 aromatic heterocycles. The van der Waals surface area contributed by atoms with Gasteiger partial charge in [0.1, 0.15) is 0 Å². The molecule has 0 bridgehead atoms. The molecule has 1 fully saturated rings. The number of benzene rings is 1. The van der Waals surface area contributed by atoms with E-state index in [0.717, 1.165) is 21.7 Å². The summed E-state index contributed by atoms with van der Waals surface area (Å²) in [6.45, 7) is 0.592. The smallest absolute Gasteiger partial charge is 0.238 e. The van der Waals surface area contributed by atoms with Crippen LogP contribution < -0.4 is 10.6 Å². The molecule has 1 aliphatic heterocycles. The fourth-order valence-electron chi connectivity index (χ4n) is 1.48. The van der Waals surface area contributed by atoms with Gasteiger partial charge < -0.3 is 5.32 Å². The van der Waals surface area contributed by atoms with Gasteiger partial charge in [-0.05, 0) is 17.7 Å². The fraction of sp³-hybridized carbons (Fsp3) is 0.364. The van der Waals surface area contributed by atoms with Crippen LogP contribution in [0.4, 0.5) is 0 Å². The molecule has 1 unspecified atom stereocenters. The minimum absolute atomic E-state index is 0. The number of hydrogen-bond acceptors (Lipinski definition) is 3. The van der Waals surface area contributed by atoms with E-state index in [9.17, 15) is 4.79 Å². The van der Waals surface area contributed by atoms with Gasteiger partial charge in [-0.25, -0.2) is 0 Å². The van der Waals surface area contributed by atoms with Gasteiger partial charge in [-0.15, -0.1) is 24.2 Å². The van der Waals surface area contributed by atoms with E-state index in [1.165, 1.54) is 0 Å². The van der Waals surface area contributed by atoms with Gasteiger partial charge in [-0.2, -0.15) is 0 Å². The van der Waals surface area contributed by atoms with Crippen molar-refractivity contribution in [1.82, 2.24) is 10.6 Å². The van der Waals surface area contributed by atoms with E-state index >= 15 is 0 Å². The largest absolute Gasteiger partial charge is 0.351 e. The molecule has 0 spiro atoms. The van der Waals surface area contributed by atoms with E-state index in [4.69, 9.17) is 0 Å². The predicted molar refractivity (Wildman–Crippen MR) is 77.5 cm³/mol. The SMILES string of the molecule is Cl.O=C(NCc1ccc(Br)cc1)C1CSCN1. The second-order valence-electron chi connectivity index (χ2n) is 3.62. The van der Waals surface area contributed by atoms with E-state index in [2.05, 4.69) is 26.6 Å². The molecule has 1 saturated heterocycles. The highest BCUT2D eigenvalue weighted by atomic mass is 79.9. The maximum absolute atomic E-state index is 11.7. The van der Waals surface area contributed by atoms with Crippen molar-refractivity contribution in [2.75, 3.05) is 11.6 Å². The lowest BCUT2D eigenvalue weighted by Gasteiger charge is -2.10. The van der Waals surface area contributed by atoms with Crippen LogP contribution in [0.2, 0.25) is 0 Å². The minimum atomic E-state index is -0.0274. The van der Waals surface area contributed by atoms with E-state index < -0.39 is 0 Å². The Morgan fingerprint density at radius 3 is 2.76 bits per heavy atom. The third-order valence-corrected chi connectivity index (χ3v) is 3.88. The molecular weight excluding hydrogens is 324 g/mol. The Kier molecular flexibility index (Phi) is 6.33. The van der Waals surface area contributed by atoms with Gasteiger partial charge in [-0.3, -0.25) is 10.1 Å². The lowest BCUT2D eigenvalue weighted by Crippen LogP contribution is -2.41. The van der Waals surface area contributed by atoms with Gasteiger partial charge in [0, 0.05) is 22.6 Å². The zero-order valence-corrected chi connectivity index (χ0v) is 12.3. The molecule has 1 aromatic carbocycles. The molecule has 1 aliphatic rings. The molecule has 0 saturated carbocycles. The summed E-state index contributed by atoms with van der Waals surface area (Å²) in [5.74, 6) is 1.83. The molecule has 0 aliphatic carbocycles. The van der Waals surface area contributed by atoms with E-state index in [0.29, 0.717) is 6.54 Å². The molecule has 2 N–H and O–H groups in total. The number of hydrogen-bond donors (Lipinski definition) is 2. The number of carbonyl (C=O) groups is 1. The number of thioether (sulfide) groups is 1. The molecular formula is C11H14BrClN2OS. The van der Waals surface area contributed by atoms with Crippen molar-refractivity contribution in [3.05, 3.63) is 34.3 Å². The zero-order valence-electron chi connectivity index (χ0n) is 9.11. The summed E-state index contributed by atoms with van der Waals surface area (Å²) in [6.07, 6.45) is 0. The maximum Gasteiger partial charge on any atom is 0.238 e. The lowest BCUT2D eigenvalue weighted by atomic mass is 10.2. The fourth-order valence-corrected chi connectivity index (χ4v) is 2.68. The second-order valence-corrected chi connectivity index (χ2v) is 5.56. The Balaban J connectivity index is 0.00000144. The summed E-state index contributed by atoms with van der Waals surface area (Å²) in [6, 6.07) is 7.93. The highest BCUT2D eigenvalue weighted by Crippen LogP contribution is 2.11. The summed E-state index contributed by atoms with van der Waals surface area (Å²) < 4.78 is 1.05. The van der Waals surface area contributed by atoms with Crippen LogP contribution in [0, 0.1) is 0 Å². The normalized spacial score (nSPS) is 18.5. The molecule has 17 heavy (non-hydrogen) atoms. The Morgan fingerprint density at radius 2 is 2.18 bits per heavy atom. The third kappa shape index (κ3) is 4.50. The van der Waals surface area contributed by atoms with Crippen LogP contribution in [0.3, 0.4) is 0 Å². The first-order valence-electron chi connectivity index (χ1n) is 5.09. The Labute approximate surface area is 120 Å². The van der Waals surface area contributed by atoms with Crippen molar-refractivity contribution < 1.29 is 4.79 Å². The van der Waals surface area contributed by atoms with Crippen LogP contribution in [0.15, 0.2) is 28.7 Å².